The third-order valence-electron chi connectivity index (χ3n) is 8.31. The smallest absolute Gasteiger partial charge is 0.153 e. The van der Waals surface area contributed by atoms with Crippen molar-refractivity contribution in [3.8, 4) is 22.3 Å². The maximum Gasteiger partial charge on any atom is 0.153 e. The molecule has 0 N–H and O–H groups in total. The van der Waals surface area contributed by atoms with Gasteiger partial charge in [-0.15, -0.1) is 11.3 Å². The second-order valence-electron chi connectivity index (χ2n) is 10.5. The van der Waals surface area contributed by atoms with E-state index in [4.69, 9.17) is 4.42 Å². The molecule has 186 valence electrons. The quantitative estimate of drug-likeness (QED) is 0.204. The van der Waals surface area contributed by atoms with Crippen LogP contribution in [0.5, 0.6) is 0 Å². The van der Waals surface area contributed by atoms with Gasteiger partial charge < -0.3 is 4.42 Å². The summed E-state index contributed by atoms with van der Waals surface area (Å²) in [7, 11) is 0. The SMILES string of the molecule is c1ccc2cc(-c3c4ccccc4c(-c4cc5ccsc5c5oc6ccccc6c45)c4ccccc34)ccc2c1. The minimum Gasteiger partial charge on any atom is -0.455 e. The van der Waals surface area contributed by atoms with E-state index in [0.717, 1.165) is 16.6 Å². The topological polar surface area (TPSA) is 13.1 Å². The number of hydrogen-bond donors (Lipinski definition) is 0. The van der Waals surface area contributed by atoms with E-state index in [1.54, 1.807) is 11.3 Å². The van der Waals surface area contributed by atoms with E-state index in [1.807, 2.05) is 0 Å². The van der Waals surface area contributed by atoms with Crippen molar-refractivity contribution in [1.29, 1.82) is 0 Å². The molecule has 0 amide bonds. The molecule has 0 fully saturated rings. The van der Waals surface area contributed by atoms with Crippen LogP contribution in [0.15, 0.2) is 137 Å². The van der Waals surface area contributed by atoms with Crippen LogP contribution in [-0.4, -0.2) is 0 Å². The molecule has 0 unspecified atom stereocenters. The Labute approximate surface area is 234 Å². The van der Waals surface area contributed by atoms with Gasteiger partial charge in [-0.25, -0.2) is 0 Å². The van der Waals surface area contributed by atoms with Crippen molar-refractivity contribution < 1.29 is 4.42 Å². The molecule has 0 saturated heterocycles. The fraction of sp³-hybridized carbons (Fsp3) is 0. The van der Waals surface area contributed by atoms with Crippen LogP contribution >= 0.6 is 11.3 Å². The summed E-state index contributed by atoms with van der Waals surface area (Å²) in [6, 6.07) is 46.3. The summed E-state index contributed by atoms with van der Waals surface area (Å²) < 4.78 is 7.76. The van der Waals surface area contributed by atoms with Crippen LogP contribution in [0.2, 0.25) is 0 Å². The first-order chi connectivity index (χ1) is 19.8. The van der Waals surface area contributed by atoms with Crippen LogP contribution in [0.25, 0.3) is 86.6 Å². The number of thiophene rings is 1. The van der Waals surface area contributed by atoms with E-state index < -0.39 is 0 Å². The number of furan rings is 1. The van der Waals surface area contributed by atoms with Crippen molar-refractivity contribution in [2.75, 3.05) is 0 Å². The third kappa shape index (κ3) is 3.03. The minimum absolute atomic E-state index is 0.932. The molecule has 7 aromatic carbocycles. The van der Waals surface area contributed by atoms with Gasteiger partial charge in [-0.2, -0.15) is 0 Å². The predicted octanol–water partition coefficient (Wildman–Crippen LogP) is 11.6. The second kappa shape index (κ2) is 8.29. The molecule has 0 saturated carbocycles. The maximum atomic E-state index is 6.55. The van der Waals surface area contributed by atoms with Gasteiger partial charge in [0.1, 0.15) is 5.58 Å². The molecule has 9 aromatic rings. The Hall–Kier alpha value is -4.92. The van der Waals surface area contributed by atoms with E-state index in [0.29, 0.717) is 0 Å². The highest BCUT2D eigenvalue weighted by Gasteiger charge is 2.22. The third-order valence-corrected chi connectivity index (χ3v) is 9.23. The van der Waals surface area contributed by atoms with Crippen LogP contribution < -0.4 is 0 Å². The van der Waals surface area contributed by atoms with Crippen molar-refractivity contribution in [3.63, 3.8) is 0 Å². The van der Waals surface area contributed by atoms with Crippen molar-refractivity contribution in [2.24, 2.45) is 0 Å². The molecule has 2 aromatic heterocycles. The Morgan fingerprint density at radius 2 is 1.10 bits per heavy atom. The van der Waals surface area contributed by atoms with Gasteiger partial charge in [-0.1, -0.05) is 103 Å². The Balaban J connectivity index is 1.48. The summed E-state index contributed by atoms with van der Waals surface area (Å²) in [5.74, 6) is 0. The molecule has 0 radical (unpaired) electrons. The lowest BCUT2D eigenvalue weighted by molar-refractivity contribution is 0.673. The molecular weight excluding hydrogens is 504 g/mol. The van der Waals surface area contributed by atoms with Crippen LogP contribution in [0.1, 0.15) is 0 Å². The summed E-state index contributed by atoms with van der Waals surface area (Å²) >= 11 is 1.75. The zero-order chi connectivity index (χ0) is 26.2. The molecule has 0 aliphatic heterocycles. The lowest BCUT2D eigenvalue weighted by Crippen LogP contribution is -1.91. The molecule has 2 heterocycles. The second-order valence-corrected chi connectivity index (χ2v) is 11.4. The van der Waals surface area contributed by atoms with Crippen molar-refractivity contribution in [1.82, 2.24) is 0 Å². The first kappa shape index (κ1) is 22.0. The van der Waals surface area contributed by atoms with Crippen molar-refractivity contribution in [3.05, 3.63) is 133 Å². The number of benzene rings is 7. The van der Waals surface area contributed by atoms with Crippen molar-refractivity contribution >= 4 is 75.7 Å². The normalized spacial score (nSPS) is 12.0. The predicted molar refractivity (Wildman–Crippen MR) is 172 cm³/mol. The van der Waals surface area contributed by atoms with Crippen LogP contribution in [0, 0.1) is 0 Å². The first-order valence-corrected chi connectivity index (χ1v) is 14.5. The molecule has 0 aliphatic rings. The Morgan fingerprint density at radius 1 is 0.475 bits per heavy atom. The summed E-state index contributed by atoms with van der Waals surface area (Å²) in [5.41, 5.74) is 6.93. The molecule has 2 heteroatoms. The van der Waals surface area contributed by atoms with E-state index in [2.05, 4.69) is 133 Å². The van der Waals surface area contributed by atoms with Crippen LogP contribution in [0.3, 0.4) is 0 Å². The highest BCUT2D eigenvalue weighted by Crippen LogP contribution is 2.49. The largest absolute Gasteiger partial charge is 0.455 e. The monoisotopic (exact) mass is 526 g/mol. The van der Waals surface area contributed by atoms with E-state index in [1.165, 1.54) is 70.0 Å². The summed E-state index contributed by atoms with van der Waals surface area (Å²) in [5, 5.41) is 13.3. The Kier molecular flexibility index (Phi) is 4.55. The summed E-state index contributed by atoms with van der Waals surface area (Å²) in [6.07, 6.45) is 0. The van der Waals surface area contributed by atoms with E-state index >= 15 is 0 Å². The molecule has 0 bridgehead atoms. The Morgan fingerprint density at radius 3 is 1.85 bits per heavy atom. The highest BCUT2D eigenvalue weighted by atomic mass is 32.1. The zero-order valence-corrected chi connectivity index (χ0v) is 22.3. The van der Waals surface area contributed by atoms with E-state index in [9.17, 15) is 0 Å². The maximum absolute atomic E-state index is 6.55. The standard InChI is InChI=1S/C38H22OS/c1-2-10-24-21-25(18-17-23(24)9-1)34-27-11-3-5-13-29(27)35(30-14-6-4-12-28(30)34)32-22-26-19-20-40-38(26)37-36(32)31-15-7-8-16-33(31)39-37/h1-22H. The van der Waals surface area contributed by atoms with E-state index in [-0.39, 0.29) is 0 Å². The van der Waals surface area contributed by atoms with Gasteiger partial charge in [0.25, 0.3) is 0 Å². The molecule has 1 nitrogen and oxygen atoms in total. The lowest BCUT2D eigenvalue weighted by Gasteiger charge is -2.18. The average Bonchev–Trinajstić information content (AvgIpc) is 3.64. The number of fused-ring (bicyclic) bond motifs is 8. The zero-order valence-electron chi connectivity index (χ0n) is 21.5. The Bertz CT molecular complexity index is 2380. The minimum atomic E-state index is 0.932. The molecule has 40 heavy (non-hydrogen) atoms. The van der Waals surface area contributed by atoms with Gasteiger partial charge in [-0.3, -0.25) is 0 Å². The summed E-state index contributed by atoms with van der Waals surface area (Å²) in [4.78, 5) is 0. The number of rotatable bonds is 2. The first-order valence-electron chi connectivity index (χ1n) is 13.6. The fourth-order valence-corrected chi connectivity index (χ4v) is 7.45. The summed E-state index contributed by atoms with van der Waals surface area (Å²) in [6.45, 7) is 0. The van der Waals surface area contributed by atoms with Gasteiger partial charge in [-0.05, 0) is 89.6 Å². The molecule has 0 aliphatic carbocycles. The van der Waals surface area contributed by atoms with Crippen molar-refractivity contribution in [2.45, 2.75) is 0 Å². The number of para-hydroxylation sites is 1. The van der Waals surface area contributed by atoms with Gasteiger partial charge in [0, 0.05) is 10.8 Å². The average molecular weight is 527 g/mol. The van der Waals surface area contributed by atoms with Gasteiger partial charge >= 0.3 is 0 Å². The van der Waals surface area contributed by atoms with Crippen LogP contribution in [-0.2, 0) is 0 Å². The molecule has 0 spiro atoms. The van der Waals surface area contributed by atoms with Gasteiger partial charge in [0.15, 0.2) is 5.58 Å². The van der Waals surface area contributed by atoms with Gasteiger partial charge in [0.2, 0.25) is 0 Å². The highest BCUT2D eigenvalue weighted by molar-refractivity contribution is 7.18. The molecular formula is C38H22OS. The van der Waals surface area contributed by atoms with Gasteiger partial charge in [0.05, 0.1) is 4.70 Å². The molecule has 9 rings (SSSR count). The fourth-order valence-electron chi connectivity index (χ4n) is 6.59. The van der Waals surface area contributed by atoms with Crippen LogP contribution in [0.4, 0.5) is 0 Å². The number of hydrogen-bond acceptors (Lipinski definition) is 2. The lowest BCUT2D eigenvalue weighted by atomic mass is 9.84. The molecule has 0 atom stereocenters.